The van der Waals surface area contributed by atoms with Gasteiger partial charge in [0.2, 0.25) is 0 Å². The monoisotopic (exact) mass is 326 g/mol. The van der Waals surface area contributed by atoms with Crippen LogP contribution in [0.25, 0.3) is 11.3 Å². The lowest BCUT2D eigenvalue weighted by Crippen LogP contribution is -2.29. The van der Waals surface area contributed by atoms with Crippen molar-refractivity contribution in [3.05, 3.63) is 36.4 Å². The number of rotatable bonds is 5. The summed E-state index contributed by atoms with van der Waals surface area (Å²) in [5, 5.41) is 12.6. The molecule has 2 fully saturated rings. The molecule has 1 aromatic heterocycles. The minimum absolute atomic E-state index is 0.169. The molecule has 0 radical (unpaired) electrons. The molecule has 0 atom stereocenters. The van der Waals surface area contributed by atoms with Gasteiger partial charge in [-0.25, -0.2) is 4.98 Å². The van der Waals surface area contributed by atoms with E-state index in [0.29, 0.717) is 12.0 Å². The summed E-state index contributed by atoms with van der Waals surface area (Å²) in [6, 6.07) is 8.55. The van der Waals surface area contributed by atoms with E-state index in [1.54, 1.807) is 0 Å². The molecule has 0 saturated heterocycles. The first-order chi connectivity index (χ1) is 11.7. The zero-order chi connectivity index (χ0) is 16.5. The molecule has 5 heteroatoms. The highest BCUT2D eigenvalue weighted by Crippen LogP contribution is 2.40. The molecular formula is C19H22N2O3. The van der Waals surface area contributed by atoms with Gasteiger partial charge in [-0.15, -0.1) is 0 Å². The average Bonchev–Trinajstić information content (AvgIpc) is 3.33. The quantitative estimate of drug-likeness (QED) is 0.858. The van der Waals surface area contributed by atoms with Gasteiger partial charge in [-0.2, -0.15) is 0 Å². The van der Waals surface area contributed by atoms with Crippen molar-refractivity contribution in [1.29, 1.82) is 0 Å². The second-order valence-corrected chi connectivity index (χ2v) is 6.95. The van der Waals surface area contributed by atoms with Gasteiger partial charge in [0.25, 0.3) is 0 Å². The summed E-state index contributed by atoms with van der Waals surface area (Å²) in [4.78, 5) is 15.4. The fraction of sp³-hybridized carbons (Fsp3) is 0.474. The third-order valence-electron chi connectivity index (χ3n) is 5.07. The van der Waals surface area contributed by atoms with Crippen LogP contribution in [0.4, 0.5) is 5.69 Å². The van der Waals surface area contributed by atoms with Crippen molar-refractivity contribution in [1.82, 2.24) is 4.98 Å². The Hall–Kier alpha value is -2.30. The van der Waals surface area contributed by atoms with E-state index in [-0.39, 0.29) is 5.92 Å². The van der Waals surface area contributed by atoms with E-state index in [1.807, 2.05) is 18.3 Å². The van der Waals surface area contributed by atoms with Crippen molar-refractivity contribution in [3.8, 4) is 11.3 Å². The number of carboxylic acid groups (broad SMARTS) is 1. The summed E-state index contributed by atoms with van der Waals surface area (Å²) in [6.07, 6.45) is 7.51. The van der Waals surface area contributed by atoms with Gasteiger partial charge >= 0.3 is 5.97 Å². The average molecular weight is 326 g/mol. The molecule has 1 aromatic carbocycles. The van der Waals surface area contributed by atoms with E-state index in [1.165, 1.54) is 12.8 Å². The van der Waals surface area contributed by atoms with Gasteiger partial charge in [0.15, 0.2) is 11.7 Å². The molecule has 126 valence electrons. The number of hydrogen-bond acceptors (Lipinski definition) is 4. The van der Waals surface area contributed by atoms with Crippen LogP contribution < -0.4 is 5.32 Å². The number of hydrogen-bond donors (Lipinski definition) is 2. The van der Waals surface area contributed by atoms with Crippen molar-refractivity contribution < 1.29 is 14.3 Å². The Morgan fingerprint density at radius 3 is 2.42 bits per heavy atom. The standard InChI is InChI=1S/C19H22N2O3/c22-19(23)14-5-9-16(10-6-14)21-15-7-3-12(4-8-15)17-11-20-18(24-17)13-1-2-13/h3-4,7-8,11,13-14,16,21H,1-2,5-6,9-10H2,(H,22,23). The molecule has 4 rings (SSSR count). The lowest BCUT2D eigenvalue weighted by molar-refractivity contribution is -0.142. The fourth-order valence-corrected chi connectivity index (χ4v) is 3.39. The van der Waals surface area contributed by atoms with E-state index in [2.05, 4.69) is 22.4 Å². The molecule has 2 N–H and O–H groups in total. The highest BCUT2D eigenvalue weighted by molar-refractivity contribution is 5.70. The molecule has 24 heavy (non-hydrogen) atoms. The van der Waals surface area contributed by atoms with Crippen LogP contribution in [0.2, 0.25) is 0 Å². The number of benzene rings is 1. The summed E-state index contributed by atoms with van der Waals surface area (Å²) >= 11 is 0. The predicted molar refractivity (Wildman–Crippen MR) is 90.9 cm³/mol. The van der Waals surface area contributed by atoms with Gasteiger partial charge < -0.3 is 14.8 Å². The molecule has 0 unspecified atom stereocenters. The molecule has 5 nitrogen and oxygen atoms in total. The van der Waals surface area contributed by atoms with E-state index in [4.69, 9.17) is 9.52 Å². The van der Waals surface area contributed by atoms with Crippen LogP contribution in [0, 0.1) is 5.92 Å². The van der Waals surface area contributed by atoms with E-state index in [0.717, 1.165) is 48.6 Å². The molecule has 0 spiro atoms. The van der Waals surface area contributed by atoms with Crippen LogP contribution in [0.5, 0.6) is 0 Å². The first-order valence-corrected chi connectivity index (χ1v) is 8.74. The highest BCUT2D eigenvalue weighted by Gasteiger charge is 2.28. The SMILES string of the molecule is O=C(O)C1CCC(Nc2ccc(-c3cnc(C4CC4)o3)cc2)CC1. The van der Waals surface area contributed by atoms with Crippen LogP contribution in [0.1, 0.15) is 50.3 Å². The number of oxazole rings is 1. The van der Waals surface area contributed by atoms with Crippen LogP contribution >= 0.6 is 0 Å². The number of anilines is 1. The lowest BCUT2D eigenvalue weighted by atomic mass is 9.86. The summed E-state index contributed by atoms with van der Waals surface area (Å²) < 4.78 is 5.83. The maximum atomic E-state index is 11.0. The van der Waals surface area contributed by atoms with E-state index >= 15 is 0 Å². The predicted octanol–water partition coefficient (Wildman–Crippen LogP) is 4.27. The van der Waals surface area contributed by atoms with Gasteiger partial charge in [-0.1, -0.05) is 0 Å². The lowest BCUT2D eigenvalue weighted by Gasteiger charge is -2.27. The highest BCUT2D eigenvalue weighted by atomic mass is 16.4. The van der Waals surface area contributed by atoms with E-state index < -0.39 is 5.97 Å². The Kier molecular flexibility index (Phi) is 4.00. The number of nitrogens with zero attached hydrogens (tertiary/aromatic N) is 1. The zero-order valence-electron chi connectivity index (χ0n) is 13.6. The van der Waals surface area contributed by atoms with Crippen molar-refractivity contribution in [3.63, 3.8) is 0 Å². The maximum absolute atomic E-state index is 11.0. The number of aliphatic carboxylic acids is 1. The summed E-state index contributed by atoms with van der Waals surface area (Å²) in [5.74, 6) is 1.39. The third-order valence-corrected chi connectivity index (χ3v) is 5.07. The van der Waals surface area contributed by atoms with E-state index in [9.17, 15) is 4.79 Å². The number of carbonyl (C=O) groups is 1. The van der Waals surface area contributed by atoms with Gasteiger partial charge in [-0.3, -0.25) is 4.79 Å². The third kappa shape index (κ3) is 3.30. The first-order valence-electron chi connectivity index (χ1n) is 8.74. The fourth-order valence-electron chi connectivity index (χ4n) is 3.39. The van der Waals surface area contributed by atoms with Crippen molar-refractivity contribution in [2.24, 2.45) is 5.92 Å². The molecule has 2 aliphatic carbocycles. The molecule has 0 bridgehead atoms. The van der Waals surface area contributed by atoms with Crippen molar-refractivity contribution in [2.75, 3.05) is 5.32 Å². The molecule has 1 heterocycles. The Bertz CT molecular complexity index is 710. The van der Waals surface area contributed by atoms with Gasteiger partial charge in [0.05, 0.1) is 12.1 Å². The molecule has 0 aliphatic heterocycles. The Morgan fingerprint density at radius 2 is 1.79 bits per heavy atom. The first kappa shape index (κ1) is 15.2. The number of nitrogens with one attached hydrogen (secondary N) is 1. The summed E-state index contributed by atoms with van der Waals surface area (Å²) in [5.41, 5.74) is 2.11. The van der Waals surface area contributed by atoms with Gasteiger partial charge in [-0.05, 0) is 62.8 Å². The molecular weight excluding hydrogens is 304 g/mol. The van der Waals surface area contributed by atoms with Gasteiger partial charge in [0.1, 0.15) is 0 Å². The Labute approximate surface area is 141 Å². The smallest absolute Gasteiger partial charge is 0.306 e. The Morgan fingerprint density at radius 1 is 1.08 bits per heavy atom. The van der Waals surface area contributed by atoms with Crippen LogP contribution in [0.15, 0.2) is 34.9 Å². The Balaban J connectivity index is 1.36. The van der Waals surface area contributed by atoms with Crippen LogP contribution in [-0.2, 0) is 4.79 Å². The van der Waals surface area contributed by atoms with Crippen molar-refractivity contribution >= 4 is 11.7 Å². The second kappa shape index (κ2) is 6.30. The molecule has 2 aliphatic rings. The summed E-state index contributed by atoms with van der Waals surface area (Å²) in [7, 11) is 0. The molecule has 2 saturated carbocycles. The number of aromatic nitrogens is 1. The normalized spacial score (nSPS) is 23.8. The molecule has 0 amide bonds. The number of carboxylic acids is 1. The largest absolute Gasteiger partial charge is 0.481 e. The zero-order valence-corrected chi connectivity index (χ0v) is 13.6. The summed E-state index contributed by atoms with van der Waals surface area (Å²) in [6.45, 7) is 0. The van der Waals surface area contributed by atoms with Crippen LogP contribution in [-0.4, -0.2) is 22.1 Å². The maximum Gasteiger partial charge on any atom is 0.306 e. The molecule has 2 aromatic rings. The minimum Gasteiger partial charge on any atom is -0.481 e. The topological polar surface area (TPSA) is 75.4 Å². The minimum atomic E-state index is -0.657. The van der Waals surface area contributed by atoms with Gasteiger partial charge in [0, 0.05) is 23.2 Å². The van der Waals surface area contributed by atoms with Crippen molar-refractivity contribution in [2.45, 2.75) is 50.5 Å². The second-order valence-electron chi connectivity index (χ2n) is 6.95. The van der Waals surface area contributed by atoms with Crippen LogP contribution in [0.3, 0.4) is 0 Å².